The molecule has 0 saturated carbocycles. The third-order valence-corrected chi connectivity index (χ3v) is 4.63. The Morgan fingerprint density at radius 1 is 1.11 bits per heavy atom. The Hall–Kier alpha value is -3.19. The number of para-hydroxylation sites is 1. The molecule has 0 radical (unpaired) electrons. The van der Waals surface area contributed by atoms with Crippen molar-refractivity contribution in [3.8, 4) is 5.69 Å². The normalized spacial score (nSPS) is 11.0. The topological polar surface area (TPSA) is 59.3 Å². The van der Waals surface area contributed by atoms with E-state index in [1.165, 1.54) is 10.7 Å². The van der Waals surface area contributed by atoms with Crippen molar-refractivity contribution in [2.45, 2.75) is 13.5 Å². The fourth-order valence-corrected chi connectivity index (χ4v) is 3.11. The van der Waals surface area contributed by atoms with Crippen molar-refractivity contribution in [1.29, 1.82) is 0 Å². The van der Waals surface area contributed by atoms with Gasteiger partial charge in [0.2, 0.25) is 5.91 Å². The van der Waals surface area contributed by atoms with E-state index >= 15 is 0 Å². The van der Waals surface area contributed by atoms with E-state index in [9.17, 15) is 14.0 Å². The first-order chi connectivity index (χ1) is 13.4. The molecule has 0 aliphatic rings. The van der Waals surface area contributed by atoms with Gasteiger partial charge in [-0.05, 0) is 32.2 Å². The van der Waals surface area contributed by atoms with E-state index in [0.29, 0.717) is 17.8 Å². The predicted molar refractivity (Wildman–Crippen MR) is 107 cm³/mol. The third kappa shape index (κ3) is 4.04. The van der Waals surface area contributed by atoms with E-state index in [2.05, 4.69) is 5.32 Å². The number of carbonyl (C=O) groups is 1. The number of anilines is 1. The van der Waals surface area contributed by atoms with Crippen LogP contribution in [-0.2, 0) is 18.4 Å². The lowest BCUT2D eigenvalue weighted by atomic mass is 10.2. The third-order valence-electron chi connectivity index (χ3n) is 4.63. The fourth-order valence-electron chi connectivity index (χ4n) is 3.11. The first-order valence-electron chi connectivity index (χ1n) is 8.94. The SMILES string of the molecule is Cc1c(NC(=O)CN(C)Cc2ccccc2F)c(=O)n(-c2ccccc2)n1C. The zero-order valence-corrected chi connectivity index (χ0v) is 16.1. The van der Waals surface area contributed by atoms with Gasteiger partial charge in [0.15, 0.2) is 0 Å². The lowest BCUT2D eigenvalue weighted by molar-refractivity contribution is -0.117. The van der Waals surface area contributed by atoms with Crippen LogP contribution in [0.4, 0.5) is 10.1 Å². The van der Waals surface area contributed by atoms with Crippen LogP contribution in [0.3, 0.4) is 0 Å². The molecule has 1 aromatic heterocycles. The van der Waals surface area contributed by atoms with Crippen LogP contribution in [-0.4, -0.2) is 33.8 Å². The second-order valence-corrected chi connectivity index (χ2v) is 6.75. The predicted octanol–water partition coefficient (Wildman–Crippen LogP) is 2.69. The highest BCUT2D eigenvalue weighted by molar-refractivity contribution is 5.92. The van der Waals surface area contributed by atoms with Gasteiger partial charge in [-0.3, -0.25) is 19.2 Å². The number of nitrogens with one attached hydrogen (secondary N) is 1. The summed E-state index contributed by atoms with van der Waals surface area (Å²) in [6.07, 6.45) is 0. The summed E-state index contributed by atoms with van der Waals surface area (Å²) in [5.41, 5.74) is 1.83. The molecule has 0 atom stereocenters. The molecular weight excluding hydrogens is 359 g/mol. The number of benzene rings is 2. The monoisotopic (exact) mass is 382 g/mol. The molecule has 6 nitrogen and oxygen atoms in total. The lowest BCUT2D eigenvalue weighted by Gasteiger charge is -2.16. The van der Waals surface area contributed by atoms with Gasteiger partial charge in [-0.25, -0.2) is 9.07 Å². The maximum atomic E-state index is 13.8. The minimum absolute atomic E-state index is 0.0352. The van der Waals surface area contributed by atoms with E-state index in [0.717, 1.165) is 5.69 Å². The van der Waals surface area contributed by atoms with E-state index in [-0.39, 0.29) is 29.5 Å². The first kappa shape index (κ1) is 19.6. The molecule has 0 spiro atoms. The summed E-state index contributed by atoms with van der Waals surface area (Å²) in [5.74, 6) is -0.635. The number of amides is 1. The second kappa shape index (κ2) is 8.22. The smallest absolute Gasteiger partial charge is 0.295 e. The Morgan fingerprint density at radius 2 is 1.75 bits per heavy atom. The molecule has 0 fully saturated rings. The highest BCUT2D eigenvalue weighted by Crippen LogP contribution is 2.14. The summed E-state index contributed by atoms with van der Waals surface area (Å²) in [7, 11) is 3.50. The summed E-state index contributed by atoms with van der Waals surface area (Å²) >= 11 is 0. The van der Waals surface area contributed by atoms with Gasteiger partial charge in [0, 0.05) is 19.2 Å². The number of carbonyl (C=O) groups excluding carboxylic acids is 1. The second-order valence-electron chi connectivity index (χ2n) is 6.75. The van der Waals surface area contributed by atoms with Crippen molar-refractivity contribution >= 4 is 11.6 Å². The molecule has 0 bridgehead atoms. The quantitative estimate of drug-likeness (QED) is 0.713. The number of aromatic nitrogens is 2. The van der Waals surface area contributed by atoms with Gasteiger partial charge >= 0.3 is 0 Å². The van der Waals surface area contributed by atoms with Crippen molar-refractivity contribution in [3.05, 3.63) is 82.0 Å². The fraction of sp³-hybridized carbons (Fsp3) is 0.238. The van der Waals surface area contributed by atoms with Gasteiger partial charge in [0.05, 0.1) is 17.9 Å². The average Bonchev–Trinajstić information content (AvgIpc) is 2.87. The Bertz CT molecular complexity index is 1040. The van der Waals surface area contributed by atoms with E-state index in [1.54, 1.807) is 48.8 Å². The highest BCUT2D eigenvalue weighted by Gasteiger charge is 2.19. The summed E-state index contributed by atoms with van der Waals surface area (Å²) in [5, 5.41) is 2.71. The molecule has 146 valence electrons. The van der Waals surface area contributed by atoms with Crippen LogP contribution in [0, 0.1) is 12.7 Å². The van der Waals surface area contributed by atoms with E-state index in [1.807, 2.05) is 30.3 Å². The van der Waals surface area contributed by atoms with Gasteiger partial charge in [-0.15, -0.1) is 0 Å². The Labute approximate surface area is 162 Å². The van der Waals surface area contributed by atoms with E-state index in [4.69, 9.17) is 0 Å². The van der Waals surface area contributed by atoms with Crippen LogP contribution in [0.5, 0.6) is 0 Å². The van der Waals surface area contributed by atoms with Crippen molar-refractivity contribution in [2.75, 3.05) is 18.9 Å². The number of halogens is 1. The Kier molecular flexibility index (Phi) is 5.75. The van der Waals surface area contributed by atoms with E-state index < -0.39 is 0 Å². The molecule has 0 aliphatic heterocycles. The molecule has 1 amide bonds. The van der Waals surface area contributed by atoms with Crippen LogP contribution < -0.4 is 10.9 Å². The zero-order chi connectivity index (χ0) is 20.3. The standard InChI is InChI=1S/C21H23FN4O2/c1-15-20(21(28)26(25(15)3)17-10-5-4-6-11-17)23-19(27)14-24(2)13-16-9-7-8-12-18(16)22/h4-12H,13-14H2,1-3H3,(H,23,27). The van der Waals surface area contributed by atoms with Crippen LogP contribution >= 0.6 is 0 Å². The first-order valence-corrected chi connectivity index (χ1v) is 8.94. The molecule has 1 N–H and O–H groups in total. The molecule has 28 heavy (non-hydrogen) atoms. The van der Waals surface area contributed by atoms with Crippen molar-refractivity contribution in [2.24, 2.45) is 7.05 Å². The maximum Gasteiger partial charge on any atom is 0.295 e. The van der Waals surface area contributed by atoms with Gasteiger partial charge in [0.25, 0.3) is 5.56 Å². The average molecular weight is 382 g/mol. The van der Waals surface area contributed by atoms with Gasteiger partial charge in [-0.1, -0.05) is 36.4 Å². The minimum atomic E-state index is -0.329. The number of nitrogens with zero attached hydrogens (tertiary/aromatic N) is 3. The largest absolute Gasteiger partial charge is 0.319 e. The highest BCUT2D eigenvalue weighted by atomic mass is 19.1. The van der Waals surface area contributed by atoms with Crippen molar-refractivity contribution < 1.29 is 9.18 Å². The van der Waals surface area contributed by atoms with Gasteiger partial charge in [-0.2, -0.15) is 0 Å². The molecule has 7 heteroatoms. The molecule has 3 aromatic rings. The van der Waals surface area contributed by atoms with Crippen LogP contribution in [0.15, 0.2) is 59.4 Å². The number of rotatable bonds is 6. The molecule has 0 saturated heterocycles. The molecular formula is C21H23FN4O2. The Morgan fingerprint density at radius 3 is 2.43 bits per heavy atom. The summed E-state index contributed by atoms with van der Waals surface area (Å²) in [4.78, 5) is 27.0. The molecule has 0 unspecified atom stereocenters. The molecule has 0 aliphatic carbocycles. The van der Waals surface area contributed by atoms with Crippen LogP contribution in [0.25, 0.3) is 5.69 Å². The van der Waals surface area contributed by atoms with Gasteiger partial charge in [0.1, 0.15) is 11.5 Å². The Balaban J connectivity index is 1.74. The number of hydrogen-bond acceptors (Lipinski definition) is 3. The lowest BCUT2D eigenvalue weighted by Crippen LogP contribution is -2.31. The number of likely N-dealkylation sites (N-methyl/N-ethyl adjacent to an activating group) is 1. The maximum absolute atomic E-state index is 13.8. The van der Waals surface area contributed by atoms with Crippen LogP contribution in [0.2, 0.25) is 0 Å². The summed E-state index contributed by atoms with van der Waals surface area (Å²) < 4.78 is 17.0. The molecule has 1 heterocycles. The molecule has 2 aromatic carbocycles. The summed E-state index contributed by atoms with van der Waals surface area (Å²) in [6, 6.07) is 15.7. The van der Waals surface area contributed by atoms with Crippen LogP contribution in [0.1, 0.15) is 11.3 Å². The van der Waals surface area contributed by atoms with Crippen molar-refractivity contribution in [1.82, 2.24) is 14.3 Å². The van der Waals surface area contributed by atoms with Gasteiger partial charge < -0.3 is 5.32 Å². The van der Waals surface area contributed by atoms with Crippen molar-refractivity contribution in [3.63, 3.8) is 0 Å². The minimum Gasteiger partial charge on any atom is -0.319 e. The zero-order valence-electron chi connectivity index (χ0n) is 16.1. The number of hydrogen-bond donors (Lipinski definition) is 1. The molecule has 3 rings (SSSR count). The summed E-state index contributed by atoms with van der Waals surface area (Å²) in [6.45, 7) is 2.11.